The Labute approximate surface area is 105 Å². The Morgan fingerprint density at radius 1 is 1.81 bits per heavy atom. The second kappa shape index (κ2) is 5.11. The van der Waals surface area contributed by atoms with Crippen LogP contribution in [0.3, 0.4) is 0 Å². The predicted octanol–water partition coefficient (Wildman–Crippen LogP) is 1.59. The van der Waals surface area contributed by atoms with Crippen molar-refractivity contribution in [3.8, 4) is 0 Å². The molecule has 0 spiro atoms. The van der Waals surface area contributed by atoms with Crippen molar-refractivity contribution in [1.82, 2.24) is 4.98 Å². The molecule has 1 aromatic heterocycles. The third-order valence-corrected chi connectivity index (χ3v) is 3.89. The summed E-state index contributed by atoms with van der Waals surface area (Å²) in [5.41, 5.74) is 0. The molecule has 1 aliphatic heterocycles. The number of carbonyl (C=O) groups is 1. The highest BCUT2D eigenvalue weighted by molar-refractivity contribution is 9.10. The monoisotopic (exact) mass is 306 g/mol. The molecular weight excluding hydrogens is 296 g/mol. The first kappa shape index (κ1) is 11.8. The van der Waals surface area contributed by atoms with E-state index in [9.17, 15) is 4.79 Å². The zero-order valence-electron chi connectivity index (χ0n) is 8.43. The zero-order valence-corrected chi connectivity index (χ0v) is 10.8. The Hall–Kier alpha value is -0.660. The maximum Gasteiger partial charge on any atom is 0.306 e. The molecule has 16 heavy (non-hydrogen) atoms. The van der Waals surface area contributed by atoms with Crippen molar-refractivity contribution in [3.05, 3.63) is 9.98 Å². The molecule has 1 aromatic rings. The van der Waals surface area contributed by atoms with Crippen LogP contribution in [0.25, 0.3) is 0 Å². The lowest BCUT2D eigenvalue weighted by Crippen LogP contribution is -2.43. The van der Waals surface area contributed by atoms with Gasteiger partial charge in [-0.1, -0.05) is 0 Å². The lowest BCUT2D eigenvalue weighted by Gasteiger charge is -2.31. The lowest BCUT2D eigenvalue weighted by molar-refractivity contribution is -0.140. The van der Waals surface area contributed by atoms with E-state index >= 15 is 0 Å². The van der Waals surface area contributed by atoms with E-state index in [1.807, 2.05) is 5.38 Å². The molecule has 1 aliphatic rings. The Kier molecular flexibility index (Phi) is 3.78. The topological polar surface area (TPSA) is 62.7 Å². The number of thiazole rings is 1. The highest BCUT2D eigenvalue weighted by Crippen LogP contribution is 2.25. The number of carboxylic acid groups (broad SMARTS) is 1. The van der Waals surface area contributed by atoms with Crippen LogP contribution in [0, 0.1) is 0 Å². The van der Waals surface area contributed by atoms with Crippen LogP contribution in [0.5, 0.6) is 0 Å². The van der Waals surface area contributed by atoms with Gasteiger partial charge in [-0.25, -0.2) is 4.98 Å². The summed E-state index contributed by atoms with van der Waals surface area (Å²) in [4.78, 5) is 17.0. The fourth-order valence-electron chi connectivity index (χ4n) is 1.60. The van der Waals surface area contributed by atoms with Gasteiger partial charge < -0.3 is 14.7 Å². The van der Waals surface area contributed by atoms with E-state index in [1.165, 1.54) is 0 Å². The van der Waals surface area contributed by atoms with Gasteiger partial charge in [0.2, 0.25) is 0 Å². The summed E-state index contributed by atoms with van der Waals surface area (Å²) >= 11 is 4.84. The molecule has 1 unspecified atom stereocenters. The Morgan fingerprint density at radius 3 is 3.25 bits per heavy atom. The molecule has 0 bridgehead atoms. The first-order valence-electron chi connectivity index (χ1n) is 4.84. The number of anilines is 1. The van der Waals surface area contributed by atoms with Crippen molar-refractivity contribution in [2.75, 3.05) is 24.6 Å². The van der Waals surface area contributed by atoms with Crippen LogP contribution in [0.2, 0.25) is 0 Å². The van der Waals surface area contributed by atoms with Crippen molar-refractivity contribution in [2.45, 2.75) is 12.5 Å². The Balaban J connectivity index is 1.99. The van der Waals surface area contributed by atoms with Crippen LogP contribution < -0.4 is 4.90 Å². The van der Waals surface area contributed by atoms with Crippen molar-refractivity contribution < 1.29 is 14.6 Å². The fourth-order valence-corrected chi connectivity index (χ4v) is 2.89. The minimum atomic E-state index is -0.827. The number of hydrogen-bond acceptors (Lipinski definition) is 5. The summed E-state index contributed by atoms with van der Waals surface area (Å²) in [5, 5.41) is 11.5. The molecule has 2 rings (SSSR count). The molecule has 0 aromatic carbocycles. The third-order valence-electron chi connectivity index (χ3n) is 2.28. The summed E-state index contributed by atoms with van der Waals surface area (Å²) in [6.45, 7) is 1.90. The third kappa shape index (κ3) is 2.93. The minimum absolute atomic E-state index is 0.0447. The number of aromatic nitrogens is 1. The van der Waals surface area contributed by atoms with Gasteiger partial charge in [-0.3, -0.25) is 4.79 Å². The van der Waals surface area contributed by atoms with Gasteiger partial charge >= 0.3 is 5.97 Å². The highest BCUT2D eigenvalue weighted by Gasteiger charge is 2.24. The Morgan fingerprint density at radius 2 is 2.62 bits per heavy atom. The Bertz CT molecular complexity index is 385. The van der Waals surface area contributed by atoms with Crippen LogP contribution in [0.1, 0.15) is 6.42 Å². The standard InChI is InChI=1S/C9H11BrN2O3S/c10-7-5-16-9(11-7)12-1-2-15-6(4-12)3-8(13)14/h5-6H,1-4H2,(H,13,14). The van der Waals surface area contributed by atoms with E-state index in [0.717, 1.165) is 16.3 Å². The summed E-state index contributed by atoms with van der Waals surface area (Å²) in [6, 6.07) is 0. The van der Waals surface area contributed by atoms with E-state index in [0.29, 0.717) is 13.2 Å². The van der Waals surface area contributed by atoms with E-state index < -0.39 is 5.97 Å². The smallest absolute Gasteiger partial charge is 0.306 e. The largest absolute Gasteiger partial charge is 0.481 e. The second-order valence-corrected chi connectivity index (χ2v) is 5.14. The van der Waals surface area contributed by atoms with Crippen LogP contribution in [0.15, 0.2) is 9.98 Å². The quantitative estimate of drug-likeness (QED) is 0.919. The van der Waals surface area contributed by atoms with Gasteiger partial charge in [-0.2, -0.15) is 0 Å². The average molecular weight is 307 g/mol. The molecule has 5 nitrogen and oxygen atoms in total. The van der Waals surface area contributed by atoms with Crippen molar-refractivity contribution >= 4 is 38.4 Å². The van der Waals surface area contributed by atoms with E-state index in [-0.39, 0.29) is 12.5 Å². The number of morpholine rings is 1. The van der Waals surface area contributed by atoms with Crippen LogP contribution in [-0.4, -0.2) is 41.9 Å². The number of hydrogen-bond donors (Lipinski definition) is 1. The van der Waals surface area contributed by atoms with Gasteiger partial charge in [-0.05, 0) is 15.9 Å². The van der Waals surface area contributed by atoms with Crippen molar-refractivity contribution in [2.24, 2.45) is 0 Å². The summed E-state index contributed by atoms with van der Waals surface area (Å²) in [5.74, 6) is -0.827. The molecule has 0 amide bonds. The number of nitrogens with zero attached hydrogens (tertiary/aromatic N) is 2. The maximum absolute atomic E-state index is 10.6. The highest BCUT2D eigenvalue weighted by atomic mass is 79.9. The van der Waals surface area contributed by atoms with Crippen LogP contribution >= 0.6 is 27.3 Å². The zero-order chi connectivity index (χ0) is 11.5. The molecule has 0 saturated carbocycles. The van der Waals surface area contributed by atoms with Crippen molar-refractivity contribution in [1.29, 1.82) is 0 Å². The van der Waals surface area contributed by atoms with E-state index in [2.05, 4.69) is 25.8 Å². The summed E-state index contributed by atoms with van der Waals surface area (Å²) in [7, 11) is 0. The first-order chi connectivity index (χ1) is 7.65. The molecule has 7 heteroatoms. The van der Waals surface area contributed by atoms with Crippen LogP contribution in [-0.2, 0) is 9.53 Å². The van der Waals surface area contributed by atoms with Gasteiger partial charge in [-0.15, -0.1) is 11.3 Å². The van der Waals surface area contributed by atoms with Crippen LogP contribution in [0.4, 0.5) is 5.13 Å². The molecule has 0 aliphatic carbocycles. The van der Waals surface area contributed by atoms with Gasteiger partial charge in [0.05, 0.1) is 19.1 Å². The molecule has 88 valence electrons. The van der Waals surface area contributed by atoms with Gasteiger partial charge in [0.1, 0.15) is 4.60 Å². The molecule has 1 atom stereocenters. The molecule has 0 radical (unpaired) electrons. The normalized spacial score (nSPS) is 21.1. The molecular formula is C9H11BrN2O3S. The first-order valence-corrected chi connectivity index (χ1v) is 6.52. The van der Waals surface area contributed by atoms with E-state index in [4.69, 9.17) is 9.84 Å². The SMILES string of the molecule is O=C(O)CC1CN(c2nc(Br)cs2)CCO1. The summed E-state index contributed by atoms with van der Waals surface area (Å²) in [6.07, 6.45) is -0.197. The number of rotatable bonds is 3. The molecule has 2 heterocycles. The summed E-state index contributed by atoms with van der Waals surface area (Å²) < 4.78 is 6.20. The van der Waals surface area contributed by atoms with Crippen molar-refractivity contribution in [3.63, 3.8) is 0 Å². The second-order valence-electron chi connectivity index (χ2n) is 3.49. The molecule has 1 saturated heterocycles. The number of carboxylic acids is 1. The van der Waals surface area contributed by atoms with Gasteiger partial charge in [0.25, 0.3) is 0 Å². The number of halogens is 1. The molecule has 1 fully saturated rings. The number of aliphatic carboxylic acids is 1. The minimum Gasteiger partial charge on any atom is -0.481 e. The maximum atomic E-state index is 10.6. The lowest BCUT2D eigenvalue weighted by atomic mass is 10.2. The van der Waals surface area contributed by atoms with Gasteiger partial charge in [0, 0.05) is 18.5 Å². The molecule has 1 N–H and O–H groups in total. The van der Waals surface area contributed by atoms with E-state index in [1.54, 1.807) is 11.3 Å². The van der Waals surface area contributed by atoms with Gasteiger partial charge in [0.15, 0.2) is 5.13 Å². The number of ether oxygens (including phenoxy) is 1. The fraction of sp³-hybridized carbons (Fsp3) is 0.556. The average Bonchev–Trinajstić information content (AvgIpc) is 2.64. The predicted molar refractivity (Wildman–Crippen MR) is 64.0 cm³/mol.